The first-order chi connectivity index (χ1) is 11.8. The molecular weight excluding hydrogens is 316 g/mol. The third-order valence-electron chi connectivity index (χ3n) is 4.24. The van der Waals surface area contributed by atoms with E-state index in [1.54, 1.807) is 20.8 Å². The van der Waals surface area contributed by atoms with Crippen LogP contribution in [0.2, 0.25) is 0 Å². The number of hydrogen-bond donors (Lipinski definition) is 2. The Kier molecular flexibility index (Phi) is 6.85. The molecule has 0 aromatic heterocycles. The Morgan fingerprint density at radius 1 is 1.12 bits per heavy atom. The summed E-state index contributed by atoms with van der Waals surface area (Å²) in [6.45, 7) is 5.42. The summed E-state index contributed by atoms with van der Waals surface area (Å²) in [4.78, 5) is 24.9. The van der Waals surface area contributed by atoms with Crippen LogP contribution >= 0.6 is 0 Å². The van der Waals surface area contributed by atoms with Crippen molar-refractivity contribution in [2.24, 2.45) is 0 Å². The van der Waals surface area contributed by atoms with E-state index in [9.17, 15) is 9.59 Å². The Morgan fingerprint density at radius 3 is 2.36 bits per heavy atom. The molecule has 0 spiro atoms. The van der Waals surface area contributed by atoms with E-state index >= 15 is 0 Å². The van der Waals surface area contributed by atoms with Gasteiger partial charge in [0.2, 0.25) is 5.91 Å². The molecule has 0 bridgehead atoms. The Labute approximate surface area is 150 Å². The zero-order valence-electron chi connectivity index (χ0n) is 15.5. The van der Waals surface area contributed by atoms with Gasteiger partial charge >= 0.3 is 6.09 Å². The molecule has 25 heavy (non-hydrogen) atoms. The smallest absolute Gasteiger partial charge is 0.408 e. The second kappa shape index (κ2) is 8.88. The van der Waals surface area contributed by atoms with E-state index in [4.69, 9.17) is 4.74 Å². The molecule has 1 saturated carbocycles. The molecule has 5 heteroatoms. The number of alkyl carbamates (subject to hydrolysis) is 1. The molecule has 5 nitrogen and oxygen atoms in total. The molecule has 1 aromatic carbocycles. The van der Waals surface area contributed by atoms with Crippen molar-refractivity contribution in [3.63, 3.8) is 0 Å². The fourth-order valence-electron chi connectivity index (χ4n) is 3.06. The molecule has 1 aromatic rings. The van der Waals surface area contributed by atoms with Crippen molar-refractivity contribution in [1.82, 2.24) is 10.6 Å². The van der Waals surface area contributed by atoms with E-state index in [1.807, 2.05) is 30.3 Å². The largest absolute Gasteiger partial charge is 0.444 e. The predicted octanol–water partition coefficient (Wildman–Crippen LogP) is 3.57. The maximum atomic E-state index is 12.7. The summed E-state index contributed by atoms with van der Waals surface area (Å²) in [6, 6.07) is 9.27. The summed E-state index contributed by atoms with van der Waals surface area (Å²) in [5.41, 5.74) is 0.406. The Hall–Kier alpha value is -2.04. The van der Waals surface area contributed by atoms with E-state index in [0.29, 0.717) is 6.42 Å². The van der Waals surface area contributed by atoms with Gasteiger partial charge in [0.1, 0.15) is 11.6 Å². The predicted molar refractivity (Wildman–Crippen MR) is 98.3 cm³/mol. The van der Waals surface area contributed by atoms with Crippen LogP contribution in [0.1, 0.15) is 58.4 Å². The quantitative estimate of drug-likeness (QED) is 0.856. The van der Waals surface area contributed by atoms with Gasteiger partial charge in [0.25, 0.3) is 0 Å². The number of ether oxygens (including phenoxy) is 1. The van der Waals surface area contributed by atoms with E-state index in [1.165, 1.54) is 6.42 Å². The fourth-order valence-corrected chi connectivity index (χ4v) is 3.06. The SMILES string of the molecule is CC(C)(C)OC(=O)N[C@@H](Cc1ccccc1)C(=O)NC1CCCCC1. The van der Waals surface area contributed by atoms with Crippen LogP contribution in [0.4, 0.5) is 4.79 Å². The molecule has 1 aliphatic rings. The highest BCUT2D eigenvalue weighted by Crippen LogP contribution is 2.18. The van der Waals surface area contributed by atoms with Crippen molar-refractivity contribution >= 4 is 12.0 Å². The molecule has 0 radical (unpaired) electrons. The summed E-state index contributed by atoms with van der Waals surface area (Å²) in [5.74, 6) is -0.137. The van der Waals surface area contributed by atoms with E-state index in [0.717, 1.165) is 31.2 Å². The van der Waals surface area contributed by atoms with E-state index in [-0.39, 0.29) is 11.9 Å². The normalized spacial score (nSPS) is 16.8. The number of rotatable bonds is 5. The highest BCUT2D eigenvalue weighted by Gasteiger charge is 2.26. The number of carbonyl (C=O) groups is 2. The first-order valence-electron chi connectivity index (χ1n) is 9.17. The highest BCUT2D eigenvalue weighted by molar-refractivity contribution is 5.86. The van der Waals surface area contributed by atoms with Crippen molar-refractivity contribution in [2.75, 3.05) is 0 Å². The van der Waals surface area contributed by atoms with Crippen LogP contribution in [-0.4, -0.2) is 29.7 Å². The summed E-state index contributed by atoms with van der Waals surface area (Å²) in [7, 11) is 0. The number of amides is 2. The molecule has 1 atom stereocenters. The minimum atomic E-state index is -0.640. The Bertz CT molecular complexity index is 560. The molecule has 138 valence electrons. The third-order valence-corrected chi connectivity index (χ3v) is 4.24. The van der Waals surface area contributed by atoms with Crippen LogP contribution in [0.5, 0.6) is 0 Å². The van der Waals surface area contributed by atoms with Crippen molar-refractivity contribution < 1.29 is 14.3 Å². The lowest BCUT2D eigenvalue weighted by atomic mass is 9.95. The standard InChI is InChI=1S/C20H30N2O3/c1-20(2,3)25-19(24)22-17(14-15-10-6-4-7-11-15)18(23)21-16-12-8-5-9-13-16/h4,6-7,10-11,16-17H,5,8-9,12-14H2,1-3H3,(H,21,23)(H,22,24)/t17-/m0/s1. The molecule has 2 N–H and O–H groups in total. The fraction of sp³-hybridized carbons (Fsp3) is 0.600. The van der Waals surface area contributed by atoms with Crippen LogP contribution in [-0.2, 0) is 16.0 Å². The van der Waals surface area contributed by atoms with Crippen molar-refractivity contribution in [3.05, 3.63) is 35.9 Å². The number of hydrogen-bond acceptors (Lipinski definition) is 3. The average Bonchev–Trinajstić information content (AvgIpc) is 2.54. The summed E-state index contributed by atoms with van der Waals surface area (Å²) >= 11 is 0. The van der Waals surface area contributed by atoms with Crippen LogP contribution in [0.25, 0.3) is 0 Å². The third kappa shape index (κ3) is 7.16. The second-order valence-electron chi connectivity index (χ2n) is 7.73. The Balaban J connectivity index is 2.02. The van der Waals surface area contributed by atoms with Gasteiger partial charge in [0.15, 0.2) is 0 Å². The van der Waals surface area contributed by atoms with Crippen molar-refractivity contribution in [3.8, 4) is 0 Å². The monoisotopic (exact) mass is 346 g/mol. The summed E-state index contributed by atoms with van der Waals surface area (Å²) in [5, 5.41) is 5.84. The van der Waals surface area contributed by atoms with Gasteiger partial charge in [0, 0.05) is 12.5 Å². The molecule has 1 fully saturated rings. The zero-order valence-corrected chi connectivity index (χ0v) is 15.5. The average molecular weight is 346 g/mol. The van der Waals surface area contributed by atoms with Gasteiger partial charge in [0.05, 0.1) is 0 Å². The van der Waals surface area contributed by atoms with E-state index in [2.05, 4.69) is 10.6 Å². The van der Waals surface area contributed by atoms with Crippen LogP contribution in [0, 0.1) is 0 Å². The summed E-state index contributed by atoms with van der Waals surface area (Å²) < 4.78 is 5.32. The molecule has 0 unspecified atom stereocenters. The topological polar surface area (TPSA) is 67.4 Å². The van der Waals surface area contributed by atoms with Gasteiger partial charge in [-0.05, 0) is 39.2 Å². The van der Waals surface area contributed by atoms with Gasteiger partial charge in [-0.25, -0.2) is 4.79 Å². The van der Waals surface area contributed by atoms with Crippen LogP contribution < -0.4 is 10.6 Å². The highest BCUT2D eigenvalue weighted by atomic mass is 16.6. The molecule has 0 heterocycles. The lowest BCUT2D eigenvalue weighted by Crippen LogP contribution is -2.51. The lowest BCUT2D eigenvalue weighted by Gasteiger charge is -2.27. The van der Waals surface area contributed by atoms with Crippen molar-refractivity contribution in [2.45, 2.75) is 77.0 Å². The molecule has 2 amide bonds. The maximum absolute atomic E-state index is 12.7. The van der Waals surface area contributed by atoms with Gasteiger partial charge in [-0.3, -0.25) is 4.79 Å². The van der Waals surface area contributed by atoms with Gasteiger partial charge in [-0.1, -0.05) is 49.6 Å². The van der Waals surface area contributed by atoms with Crippen molar-refractivity contribution in [1.29, 1.82) is 0 Å². The second-order valence-corrected chi connectivity index (χ2v) is 7.73. The maximum Gasteiger partial charge on any atom is 0.408 e. The molecule has 0 aliphatic heterocycles. The molecular formula is C20H30N2O3. The van der Waals surface area contributed by atoms with Gasteiger partial charge in [-0.2, -0.15) is 0 Å². The zero-order chi connectivity index (χ0) is 18.3. The molecule has 0 saturated heterocycles. The Morgan fingerprint density at radius 2 is 1.76 bits per heavy atom. The van der Waals surface area contributed by atoms with Crippen LogP contribution in [0.15, 0.2) is 30.3 Å². The first kappa shape index (κ1) is 19.3. The van der Waals surface area contributed by atoms with Gasteiger partial charge in [-0.15, -0.1) is 0 Å². The minimum Gasteiger partial charge on any atom is -0.444 e. The number of benzene rings is 1. The number of carbonyl (C=O) groups excluding carboxylic acids is 2. The van der Waals surface area contributed by atoms with Gasteiger partial charge < -0.3 is 15.4 Å². The number of nitrogens with one attached hydrogen (secondary N) is 2. The molecule has 2 rings (SSSR count). The minimum absolute atomic E-state index is 0.137. The van der Waals surface area contributed by atoms with E-state index < -0.39 is 17.7 Å². The first-order valence-corrected chi connectivity index (χ1v) is 9.17. The molecule has 1 aliphatic carbocycles. The van der Waals surface area contributed by atoms with Crippen LogP contribution in [0.3, 0.4) is 0 Å². The summed E-state index contributed by atoms with van der Waals surface area (Å²) in [6.07, 6.45) is 5.43. The lowest BCUT2D eigenvalue weighted by molar-refractivity contribution is -0.124.